The summed E-state index contributed by atoms with van der Waals surface area (Å²) in [6.07, 6.45) is 15.2. The topological polar surface area (TPSA) is 30.5 Å². The molecule has 0 amide bonds. The van der Waals surface area contributed by atoms with Gasteiger partial charge in [-0.1, -0.05) is 12.5 Å². The molecule has 0 aromatic heterocycles. The van der Waals surface area contributed by atoms with Crippen LogP contribution in [0.15, 0.2) is 35.8 Å². The van der Waals surface area contributed by atoms with Crippen molar-refractivity contribution >= 4 is 0 Å². The van der Waals surface area contributed by atoms with Gasteiger partial charge < -0.3 is 15.5 Å². The first-order chi connectivity index (χ1) is 10.3. The van der Waals surface area contributed by atoms with Crippen LogP contribution in [0.2, 0.25) is 0 Å². The molecule has 3 heterocycles. The Kier molecular flexibility index (Phi) is 3.31. The second-order valence-electron chi connectivity index (χ2n) is 7.10. The monoisotopic (exact) mass is 286 g/mol. The Labute approximate surface area is 127 Å². The van der Waals surface area contributed by atoms with Crippen LogP contribution in [0.1, 0.15) is 25.7 Å². The summed E-state index contributed by atoms with van der Waals surface area (Å²) in [5, 5.41) is 6.72. The molecule has 4 rings (SSSR count). The van der Waals surface area contributed by atoms with E-state index in [9.17, 15) is 0 Å². The maximum absolute atomic E-state index is 3.52. The van der Waals surface area contributed by atoms with Gasteiger partial charge in [-0.3, -0.25) is 4.90 Å². The Morgan fingerprint density at radius 2 is 2.24 bits per heavy atom. The molecule has 1 unspecified atom stereocenters. The first-order valence-electron chi connectivity index (χ1n) is 8.27. The summed E-state index contributed by atoms with van der Waals surface area (Å²) >= 11 is 0. The molecular formula is C17H26N4. The van der Waals surface area contributed by atoms with E-state index in [-0.39, 0.29) is 0 Å². The van der Waals surface area contributed by atoms with E-state index in [4.69, 9.17) is 0 Å². The third-order valence-electron chi connectivity index (χ3n) is 5.47. The highest BCUT2D eigenvalue weighted by Crippen LogP contribution is 2.48. The fourth-order valence-corrected chi connectivity index (χ4v) is 4.16. The Morgan fingerprint density at radius 1 is 1.33 bits per heavy atom. The fourth-order valence-electron chi connectivity index (χ4n) is 4.16. The van der Waals surface area contributed by atoms with E-state index in [0.717, 1.165) is 13.1 Å². The van der Waals surface area contributed by atoms with E-state index in [1.54, 1.807) is 0 Å². The molecule has 1 aliphatic carbocycles. The van der Waals surface area contributed by atoms with E-state index in [2.05, 4.69) is 45.0 Å². The highest BCUT2D eigenvalue weighted by atomic mass is 15.3. The van der Waals surface area contributed by atoms with Crippen molar-refractivity contribution in [2.45, 2.75) is 31.8 Å². The smallest absolute Gasteiger partial charge is 0.122 e. The molecule has 114 valence electrons. The van der Waals surface area contributed by atoms with Crippen LogP contribution in [0, 0.1) is 5.41 Å². The summed E-state index contributed by atoms with van der Waals surface area (Å²) in [5.41, 5.74) is 3.40. The van der Waals surface area contributed by atoms with Crippen molar-refractivity contribution in [3.8, 4) is 0 Å². The third kappa shape index (κ3) is 2.51. The lowest BCUT2D eigenvalue weighted by Gasteiger charge is -2.38. The van der Waals surface area contributed by atoms with Gasteiger partial charge in [0.1, 0.15) is 6.17 Å². The highest BCUT2D eigenvalue weighted by Gasteiger charge is 2.42. The van der Waals surface area contributed by atoms with Crippen LogP contribution >= 0.6 is 0 Å². The van der Waals surface area contributed by atoms with Crippen LogP contribution in [-0.4, -0.2) is 49.2 Å². The standard InChI is InChI=1S/C17H26N4/c1-18-9-15-12-21-11-14(3-4-16(21)19-15)10-20-8-7-17(13-20)5-2-6-17/h3-4,11-12,16,18-19H,2,5-10,13H2,1H3. The predicted molar refractivity (Wildman–Crippen MR) is 85.3 cm³/mol. The van der Waals surface area contributed by atoms with Crippen molar-refractivity contribution in [2.75, 3.05) is 33.2 Å². The first kappa shape index (κ1) is 13.4. The minimum Gasteiger partial charge on any atom is -0.363 e. The van der Waals surface area contributed by atoms with Gasteiger partial charge in [0.25, 0.3) is 0 Å². The quantitative estimate of drug-likeness (QED) is 0.822. The molecule has 1 saturated heterocycles. The molecule has 4 heteroatoms. The summed E-state index contributed by atoms with van der Waals surface area (Å²) in [6.45, 7) is 4.61. The molecule has 21 heavy (non-hydrogen) atoms. The van der Waals surface area contributed by atoms with Crippen molar-refractivity contribution in [1.29, 1.82) is 0 Å². The molecule has 4 aliphatic rings. The first-order valence-corrected chi connectivity index (χ1v) is 8.27. The second-order valence-corrected chi connectivity index (χ2v) is 7.10. The average Bonchev–Trinajstić information content (AvgIpc) is 3.02. The number of hydrogen-bond acceptors (Lipinski definition) is 4. The van der Waals surface area contributed by atoms with Crippen molar-refractivity contribution in [1.82, 2.24) is 20.4 Å². The van der Waals surface area contributed by atoms with Gasteiger partial charge in [-0.25, -0.2) is 0 Å². The number of likely N-dealkylation sites (tertiary alicyclic amines) is 1. The molecule has 2 fully saturated rings. The van der Waals surface area contributed by atoms with Crippen LogP contribution in [0.4, 0.5) is 0 Å². The summed E-state index contributed by atoms with van der Waals surface area (Å²) in [4.78, 5) is 4.95. The third-order valence-corrected chi connectivity index (χ3v) is 5.47. The average molecular weight is 286 g/mol. The molecule has 0 radical (unpaired) electrons. The summed E-state index contributed by atoms with van der Waals surface area (Å²) in [6, 6.07) is 0. The molecule has 0 bridgehead atoms. The lowest BCUT2D eigenvalue weighted by atomic mass is 9.68. The van der Waals surface area contributed by atoms with Crippen LogP contribution in [0.3, 0.4) is 0 Å². The molecule has 2 N–H and O–H groups in total. The maximum atomic E-state index is 3.52. The van der Waals surface area contributed by atoms with Gasteiger partial charge >= 0.3 is 0 Å². The van der Waals surface area contributed by atoms with Gasteiger partial charge in [-0.2, -0.15) is 0 Å². The minimum atomic E-state index is 0.314. The van der Waals surface area contributed by atoms with E-state index in [1.165, 1.54) is 50.0 Å². The van der Waals surface area contributed by atoms with Crippen LogP contribution in [0.25, 0.3) is 0 Å². The molecule has 0 aromatic rings. The number of nitrogens with one attached hydrogen (secondary N) is 2. The Morgan fingerprint density at radius 3 is 2.95 bits per heavy atom. The number of hydrogen-bond donors (Lipinski definition) is 2. The van der Waals surface area contributed by atoms with Gasteiger partial charge in [0.05, 0.1) is 0 Å². The van der Waals surface area contributed by atoms with Gasteiger partial charge in [-0.05, 0) is 49.9 Å². The summed E-state index contributed by atoms with van der Waals surface area (Å²) < 4.78 is 0. The van der Waals surface area contributed by atoms with Gasteiger partial charge in [0, 0.05) is 37.7 Å². The normalized spacial score (nSPS) is 30.0. The SMILES string of the molecule is CNCC1=CN2C=C(CN3CCC4(CCC4)C3)C=CC2N1. The Hall–Kier alpha value is -1.26. The van der Waals surface area contributed by atoms with Crippen LogP contribution in [-0.2, 0) is 0 Å². The van der Waals surface area contributed by atoms with Gasteiger partial charge in [0.2, 0.25) is 0 Å². The maximum Gasteiger partial charge on any atom is 0.122 e. The number of rotatable bonds is 4. The lowest BCUT2D eigenvalue weighted by Crippen LogP contribution is -2.36. The molecule has 1 saturated carbocycles. The molecule has 0 aromatic carbocycles. The van der Waals surface area contributed by atoms with E-state index < -0.39 is 0 Å². The molecule has 1 atom stereocenters. The molecule has 3 aliphatic heterocycles. The summed E-state index contributed by atoms with van der Waals surface area (Å²) in [7, 11) is 1.99. The molecular weight excluding hydrogens is 260 g/mol. The summed E-state index contributed by atoms with van der Waals surface area (Å²) in [5.74, 6) is 0. The van der Waals surface area contributed by atoms with E-state index in [0.29, 0.717) is 11.6 Å². The molecule has 1 spiro atoms. The van der Waals surface area contributed by atoms with Gasteiger partial charge in [0.15, 0.2) is 0 Å². The van der Waals surface area contributed by atoms with Gasteiger partial charge in [-0.15, -0.1) is 0 Å². The minimum absolute atomic E-state index is 0.314. The lowest BCUT2D eigenvalue weighted by molar-refractivity contribution is 0.142. The van der Waals surface area contributed by atoms with Crippen molar-refractivity contribution in [2.24, 2.45) is 5.41 Å². The van der Waals surface area contributed by atoms with Crippen LogP contribution in [0.5, 0.6) is 0 Å². The number of likely N-dealkylation sites (N-methyl/N-ethyl adjacent to an activating group) is 1. The van der Waals surface area contributed by atoms with Crippen molar-refractivity contribution < 1.29 is 0 Å². The van der Waals surface area contributed by atoms with E-state index in [1.807, 2.05) is 7.05 Å². The zero-order chi connectivity index (χ0) is 14.3. The fraction of sp³-hybridized carbons (Fsp3) is 0.647. The van der Waals surface area contributed by atoms with Crippen molar-refractivity contribution in [3.05, 3.63) is 35.8 Å². The Balaban J connectivity index is 1.38. The predicted octanol–water partition coefficient (Wildman–Crippen LogP) is 1.61. The molecule has 4 nitrogen and oxygen atoms in total. The van der Waals surface area contributed by atoms with Crippen LogP contribution < -0.4 is 10.6 Å². The van der Waals surface area contributed by atoms with Crippen molar-refractivity contribution in [3.63, 3.8) is 0 Å². The largest absolute Gasteiger partial charge is 0.363 e. The zero-order valence-electron chi connectivity index (χ0n) is 12.9. The number of nitrogens with zero attached hydrogens (tertiary/aromatic N) is 2. The number of fused-ring (bicyclic) bond motifs is 1. The zero-order valence-corrected chi connectivity index (χ0v) is 12.9. The Bertz CT molecular complexity index is 501. The van der Waals surface area contributed by atoms with E-state index >= 15 is 0 Å². The second kappa shape index (κ2) is 5.18. The highest BCUT2D eigenvalue weighted by molar-refractivity contribution is 5.31.